The lowest BCUT2D eigenvalue weighted by Gasteiger charge is -2.37. The summed E-state index contributed by atoms with van der Waals surface area (Å²) < 4.78 is 0. The Bertz CT molecular complexity index is 441. The predicted octanol–water partition coefficient (Wildman–Crippen LogP) is 2.37. The summed E-state index contributed by atoms with van der Waals surface area (Å²) in [6.07, 6.45) is 1.69. The minimum Gasteiger partial charge on any atom is -0.333 e. The summed E-state index contributed by atoms with van der Waals surface area (Å²) in [6.45, 7) is 3.80. The Balaban J connectivity index is 2.16. The fourth-order valence-corrected chi connectivity index (χ4v) is 2.76. The number of amides is 1. The van der Waals surface area contributed by atoms with Gasteiger partial charge in [0.2, 0.25) is 5.91 Å². The molecular weight excluding hydrogens is 226 g/mol. The number of ketones is 1. The summed E-state index contributed by atoms with van der Waals surface area (Å²) >= 11 is 0. The van der Waals surface area contributed by atoms with Crippen LogP contribution in [-0.4, -0.2) is 29.2 Å². The van der Waals surface area contributed by atoms with E-state index in [2.05, 4.69) is 12.1 Å². The van der Waals surface area contributed by atoms with E-state index in [9.17, 15) is 9.59 Å². The second-order valence-electron chi connectivity index (χ2n) is 4.97. The van der Waals surface area contributed by atoms with Crippen molar-refractivity contribution in [1.82, 2.24) is 4.90 Å². The molecule has 3 heteroatoms. The largest absolute Gasteiger partial charge is 0.333 e. The molecule has 2 unspecified atom stereocenters. The summed E-state index contributed by atoms with van der Waals surface area (Å²) in [6, 6.07) is 10.00. The van der Waals surface area contributed by atoms with Crippen LogP contribution < -0.4 is 0 Å². The molecule has 1 fully saturated rings. The molecule has 1 amide bonds. The molecule has 0 radical (unpaired) electrons. The SMILES string of the molecule is CC(=O)C1CC(c2ccccc2)CCN1C(C)=O. The van der Waals surface area contributed by atoms with E-state index in [1.165, 1.54) is 5.56 Å². The van der Waals surface area contributed by atoms with Gasteiger partial charge in [0.15, 0.2) is 5.78 Å². The summed E-state index contributed by atoms with van der Waals surface area (Å²) in [4.78, 5) is 24.9. The van der Waals surface area contributed by atoms with Crippen molar-refractivity contribution >= 4 is 11.7 Å². The van der Waals surface area contributed by atoms with Gasteiger partial charge >= 0.3 is 0 Å². The number of carbonyl (C=O) groups is 2. The van der Waals surface area contributed by atoms with E-state index in [1.807, 2.05) is 18.2 Å². The smallest absolute Gasteiger partial charge is 0.220 e. The Kier molecular flexibility index (Phi) is 3.80. The normalized spacial score (nSPS) is 23.8. The van der Waals surface area contributed by atoms with Gasteiger partial charge < -0.3 is 4.90 Å². The third-order valence-electron chi connectivity index (χ3n) is 3.75. The fraction of sp³-hybridized carbons (Fsp3) is 0.467. The van der Waals surface area contributed by atoms with E-state index in [4.69, 9.17) is 0 Å². The minimum absolute atomic E-state index is 0.00158. The van der Waals surface area contributed by atoms with E-state index >= 15 is 0 Å². The molecule has 1 aromatic rings. The molecule has 0 aliphatic carbocycles. The van der Waals surface area contributed by atoms with Gasteiger partial charge in [-0.15, -0.1) is 0 Å². The number of benzene rings is 1. The molecule has 2 rings (SSSR count). The molecule has 1 aliphatic rings. The van der Waals surface area contributed by atoms with Gasteiger partial charge in [-0.05, 0) is 31.2 Å². The zero-order valence-electron chi connectivity index (χ0n) is 10.9. The first kappa shape index (κ1) is 12.8. The second kappa shape index (κ2) is 5.34. The highest BCUT2D eigenvalue weighted by molar-refractivity contribution is 5.87. The molecule has 1 aliphatic heterocycles. The van der Waals surface area contributed by atoms with Crippen molar-refractivity contribution in [2.45, 2.75) is 38.6 Å². The van der Waals surface area contributed by atoms with Crippen LogP contribution in [-0.2, 0) is 9.59 Å². The Morgan fingerprint density at radius 2 is 1.83 bits per heavy atom. The van der Waals surface area contributed by atoms with Gasteiger partial charge in [-0.1, -0.05) is 30.3 Å². The van der Waals surface area contributed by atoms with Crippen LogP contribution in [0, 0.1) is 0 Å². The Morgan fingerprint density at radius 1 is 1.17 bits per heavy atom. The quantitative estimate of drug-likeness (QED) is 0.802. The van der Waals surface area contributed by atoms with Crippen LogP contribution >= 0.6 is 0 Å². The molecule has 18 heavy (non-hydrogen) atoms. The van der Waals surface area contributed by atoms with Gasteiger partial charge in [0, 0.05) is 13.5 Å². The number of carbonyl (C=O) groups excluding carboxylic acids is 2. The number of rotatable bonds is 2. The summed E-state index contributed by atoms with van der Waals surface area (Å²) in [5, 5.41) is 0. The van der Waals surface area contributed by atoms with E-state index in [0.717, 1.165) is 12.8 Å². The number of nitrogens with zero attached hydrogens (tertiary/aromatic N) is 1. The number of likely N-dealkylation sites (tertiary alicyclic amines) is 1. The highest BCUT2D eigenvalue weighted by atomic mass is 16.2. The van der Waals surface area contributed by atoms with Gasteiger partial charge in [-0.2, -0.15) is 0 Å². The summed E-state index contributed by atoms with van der Waals surface area (Å²) in [7, 11) is 0. The van der Waals surface area contributed by atoms with Gasteiger partial charge in [-0.25, -0.2) is 0 Å². The third-order valence-corrected chi connectivity index (χ3v) is 3.75. The molecule has 2 atom stereocenters. The highest BCUT2D eigenvalue weighted by Crippen LogP contribution is 2.31. The maximum Gasteiger partial charge on any atom is 0.220 e. The number of hydrogen-bond acceptors (Lipinski definition) is 2. The van der Waals surface area contributed by atoms with E-state index in [1.54, 1.807) is 18.7 Å². The van der Waals surface area contributed by atoms with E-state index < -0.39 is 0 Å². The first-order valence-electron chi connectivity index (χ1n) is 6.42. The van der Waals surface area contributed by atoms with Crippen LogP contribution in [0.1, 0.15) is 38.2 Å². The van der Waals surface area contributed by atoms with Crippen molar-refractivity contribution in [2.24, 2.45) is 0 Å². The third kappa shape index (κ3) is 2.61. The molecule has 0 bridgehead atoms. The van der Waals surface area contributed by atoms with Crippen LogP contribution in [0.25, 0.3) is 0 Å². The van der Waals surface area contributed by atoms with Gasteiger partial charge in [0.25, 0.3) is 0 Å². The number of piperidine rings is 1. The maximum absolute atomic E-state index is 11.7. The number of hydrogen-bond donors (Lipinski definition) is 0. The molecule has 3 nitrogen and oxygen atoms in total. The van der Waals surface area contributed by atoms with E-state index in [0.29, 0.717) is 12.5 Å². The van der Waals surface area contributed by atoms with Gasteiger partial charge in [0.05, 0.1) is 6.04 Å². The molecule has 1 saturated heterocycles. The minimum atomic E-state index is -0.249. The van der Waals surface area contributed by atoms with Crippen LogP contribution in [0.5, 0.6) is 0 Å². The van der Waals surface area contributed by atoms with Crippen molar-refractivity contribution in [1.29, 1.82) is 0 Å². The van der Waals surface area contributed by atoms with Crippen LogP contribution in [0.3, 0.4) is 0 Å². The monoisotopic (exact) mass is 245 g/mol. The average Bonchev–Trinajstić information content (AvgIpc) is 2.39. The molecule has 0 N–H and O–H groups in total. The average molecular weight is 245 g/mol. The molecule has 0 spiro atoms. The molecule has 1 heterocycles. The zero-order valence-corrected chi connectivity index (χ0v) is 10.9. The van der Waals surface area contributed by atoms with Crippen LogP contribution in [0.2, 0.25) is 0 Å². The fourth-order valence-electron chi connectivity index (χ4n) is 2.76. The van der Waals surface area contributed by atoms with Crippen molar-refractivity contribution in [3.63, 3.8) is 0 Å². The van der Waals surface area contributed by atoms with Crippen LogP contribution in [0.15, 0.2) is 30.3 Å². The Hall–Kier alpha value is -1.64. The van der Waals surface area contributed by atoms with Crippen LogP contribution in [0.4, 0.5) is 0 Å². The first-order chi connectivity index (χ1) is 8.59. The van der Waals surface area contributed by atoms with Gasteiger partial charge in [0.1, 0.15) is 0 Å². The molecule has 1 aromatic carbocycles. The van der Waals surface area contributed by atoms with Crippen molar-refractivity contribution in [3.05, 3.63) is 35.9 Å². The standard InChI is InChI=1S/C15H19NO2/c1-11(17)15-10-14(8-9-16(15)12(2)18)13-6-4-3-5-7-13/h3-7,14-15H,8-10H2,1-2H3. The Labute approximate surface area is 108 Å². The second-order valence-corrected chi connectivity index (χ2v) is 4.97. The highest BCUT2D eigenvalue weighted by Gasteiger charge is 2.33. The zero-order chi connectivity index (χ0) is 13.1. The maximum atomic E-state index is 11.7. The lowest BCUT2D eigenvalue weighted by atomic mass is 9.84. The van der Waals surface area contributed by atoms with Crippen molar-refractivity contribution in [2.75, 3.05) is 6.54 Å². The van der Waals surface area contributed by atoms with Crippen molar-refractivity contribution < 1.29 is 9.59 Å². The molecule has 0 aromatic heterocycles. The predicted molar refractivity (Wildman–Crippen MR) is 70.3 cm³/mol. The number of Topliss-reactive ketones (excluding diaryl/α,β-unsaturated/α-hetero) is 1. The summed E-state index contributed by atoms with van der Waals surface area (Å²) in [5.74, 6) is 0.475. The molecular formula is C15H19NO2. The van der Waals surface area contributed by atoms with E-state index in [-0.39, 0.29) is 17.7 Å². The first-order valence-corrected chi connectivity index (χ1v) is 6.42. The summed E-state index contributed by atoms with van der Waals surface area (Å²) in [5.41, 5.74) is 1.27. The van der Waals surface area contributed by atoms with Crippen molar-refractivity contribution in [3.8, 4) is 0 Å². The Morgan fingerprint density at radius 3 is 2.39 bits per heavy atom. The topological polar surface area (TPSA) is 37.4 Å². The van der Waals surface area contributed by atoms with Gasteiger partial charge in [-0.3, -0.25) is 9.59 Å². The lowest BCUT2D eigenvalue weighted by Crippen LogP contribution is -2.48. The molecule has 0 saturated carbocycles. The molecule has 96 valence electrons. The lowest BCUT2D eigenvalue weighted by molar-refractivity contribution is -0.139.